The number of H-pyrrole nitrogens is 1. The molecule has 1 N–H and O–H groups in total. The first-order valence-corrected chi connectivity index (χ1v) is 8.00. The summed E-state index contributed by atoms with van der Waals surface area (Å²) in [5, 5.41) is 7.32. The smallest absolute Gasteiger partial charge is 0.151 e. The van der Waals surface area contributed by atoms with Gasteiger partial charge in [-0.05, 0) is 24.1 Å². The van der Waals surface area contributed by atoms with Crippen molar-refractivity contribution in [2.75, 3.05) is 0 Å². The molecule has 0 atom stereocenters. The molecule has 0 spiro atoms. The van der Waals surface area contributed by atoms with E-state index in [2.05, 4.69) is 51.6 Å². The lowest BCUT2D eigenvalue weighted by Crippen LogP contribution is -1.93. The van der Waals surface area contributed by atoms with Gasteiger partial charge in [0.15, 0.2) is 5.82 Å². The van der Waals surface area contributed by atoms with Crippen molar-refractivity contribution in [1.29, 1.82) is 0 Å². The van der Waals surface area contributed by atoms with E-state index in [0.717, 1.165) is 30.2 Å². The van der Waals surface area contributed by atoms with Gasteiger partial charge >= 0.3 is 0 Å². The van der Waals surface area contributed by atoms with Crippen LogP contribution in [0.25, 0.3) is 0 Å². The third kappa shape index (κ3) is 4.20. The van der Waals surface area contributed by atoms with Crippen molar-refractivity contribution in [1.82, 2.24) is 15.2 Å². The number of aromatic amines is 1. The van der Waals surface area contributed by atoms with Gasteiger partial charge in [0, 0.05) is 11.3 Å². The second kappa shape index (κ2) is 7.09. The van der Waals surface area contributed by atoms with Gasteiger partial charge in [-0.3, -0.25) is 5.10 Å². The zero-order valence-electron chi connectivity index (χ0n) is 11.7. The van der Waals surface area contributed by atoms with Crippen LogP contribution in [0, 0.1) is 0 Å². The highest BCUT2D eigenvalue weighted by molar-refractivity contribution is 7.98. The van der Waals surface area contributed by atoms with E-state index in [1.165, 1.54) is 10.5 Å². The third-order valence-corrected chi connectivity index (χ3v) is 4.20. The van der Waals surface area contributed by atoms with E-state index in [0.29, 0.717) is 0 Å². The van der Waals surface area contributed by atoms with Crippen LogP contribution in [0.3, 0.4) is 0 Å². The largest absolute Gasteiger partial charge is 0.262 e. The Morgan fingerprint density at radius 3 is 2.33 bits per heavy atom. The lowest BCUT2D eigenvalue weighted by Gasteiger charge is -1.98. The first-order chi connectivity index (χ1) is 10.4. The highest BCUT2D eigenvalue weighted by atomic mass is 32.2. The van der Waals surface area contributed by atoms with Gasteiger partial charge in [0.25, 0.3) is 0 Å². The molecule has 0 fully saturated rings. The molecule has 3 aromatic rings. The number of rotatable bonds is 6. The molecule has 0 radical (unpaired) electrons. The summed E-state index contributed by atoms with van der Waals surface area (Å²) in [4.78, 5) is 5.80. The molecule has 1 aromatic heterocycles. The molecule has 4 heteroatoms. The van der Waals surface area contributed by atoms with Crippen molar-refractivity contribution in [3.05, 3.63) is 77.9 Å². The van der Waals surface area contributed by atoms with E-state index >= 15 is 0 Å². The summed E-state index contributed by atoms with van der Waals surface area (Å²) in [7, 11) is 0. The predicted octanol–water partition coefficient (Wildman–Crippen LogP) is 3.88. The molecule has 0 saturated heterocycles. The van der Waals surface area contributed by atoms with Crippen molar-refractivity contribution in [3.8, 4) is 0 Å². The summed E-state index contributed by atoms with van der Waals surface area (Å²) in [6.07, 6.45) is 1.85. The fourth-order valence-electron chi connectivity index (χ4n) is 2.08. The number of thioether (sulfide) groups is 1. The van der Waals surface area contributed by atoms with Crippen LogP contribution in [0.2, 0.25) is 0 Å². The van der Waals surface area contributed by atoms with E-state index in [4.69, 9.17) is 0 Å². The number of hydrogen-bond donors (Lipinski definition) is 1. The molecule has 21 heavy (non-hydrogen) atoms. The fourth-order valence-corrected chi connectivity index (χ4v) is 2.86. The molecule has 0 saturated carbocycles. The molecule has 0 bridgehead atoms. The quantitative estimate of drug-likeness (QED) is 0.702. The first kappa shape index (κ1) is 13.9. The summed E-state index contributed by atoms with van der Waals surface area (Å²) >= 11 is 1.77. The van der Waals surface area contributed by atoms with E-state index in [1.54, 1.807) is 11.8 Å². The maximum atomic E-state index is 4.55. The van der Waals surface area contributed by atoms with Gasteiger partial charge in [0.2, 0.25) is 0 Å². The molecular weight excluding hydrogens is 278 g/mol. The summed E-state index contributed by atoms with van der Waals surface area (Å²) in [5.74, 6) is 2.65. The van der Waals surface area contributed by atoms with E-state index < -0.39 is 0 Å². The van der Waals surface area contributed by atoms with Gasteiger partial charge in [0.05, 0.1) is 5.75 Å². The minimum absolute atomic E-state index is 0.822. The average Bonchev–Trinajstić information content (AvgIpc) is 3.01. The van der Waals surface area contributed by atoms with E-state index in [9.17, 15) is 0 Å². The summed E-state index contributed by atoms with van der Waals surface area (Å²) in [6.45, 7) is 0. The number of aromatic nitrogens is 3. The Balaban J connectivity index is 1.52. The zero-order chi connectivity index (χ0) is 14.3. The average molecular weight is 295 g/mol. The molecule has 3 rings (SSSR count). The molecule has 0 amide bonds. The Hall–Kier alpha value is -2.07. The maximum Gasteiger partial charge on any atom is 0.151 e. The van der Waals surface area contributed by atoms with E-state index in [-0.39, 0.29) is 0 Å². The minimum Gasteiger partial charge on any atom is -0.262 e. The number of hydrogen-bond acceptors (Lipinski definition) is 3. The van der Waals surface area contributed by atoms with Crippen LogP contribution in [-0.2, 0) is 18.6 Å². The molecule has 0 aliphatic rings. The number of benzene rings is 2. The van der Waals surface area contributed by atoms with Crippen LogP contribution in [0.1, 0.15) is 17.2 Å². The monoisotopic (exact) mass is 295 g/mol. The zero-order valence-corrected chi connectivity index (χ0v) is 12.5. The second-order valence-electron chi connectivity index (χ2n) is 4.79. The summed E-state index contributed by atoms with van der Waals surface area (Å²) < 4.78 is 0. The maximum absolute atomic E-state index is 4.55. The number of nitrogens with one attached hydrogen (secondary N) is 1. The van der Waals surface area contributed by atoms with Crippen LogP contribution in [0.4, 0.5) is 0 Å². The lowest BCUT2D eigenvalue weighted by atomic mass is 10.1. The SMILES string of the molecule is c1ccc(CCc2n[nH]c(CSc3ccccc3)n2)cc1. The van der Waals surface area contributed by atoms with Crippen LogP contribution < -0.4 is 0 Å². The molecule has 0 aliphatic heterocycles. The second-order valence-corrected chi connectivity index (χ2v) is 5.83. The van der Waals surface area contributed by atoms with Crippen LogP contribution >= 0.6 is 11.8 Å². The van der Waals surface area contributed by atoms with Gasteiger partial charge in [-0.2, -0.15) is 5.10 Å². The summed E-state index contributed by atoms with van der Waals surface area (Å²) in [5.41, 5.74) is 1.32. The third-order valence-electron chi connectivity index (χ3n) is 3.18. The standard InChI is InChI=1S/C17H17N3S/c1-3-7-14(8-4-1)11-12-16-18-17(20-19-16)13-21-15-9-5-2-6-10-15/h1-10H,11-13H2,(H,18,19,20). The molecular formula is C17H17N3S. The predicted molar refractivity (Wildman–Crippen MR) is 86.2 cm³/mol. The minimum atomic E-state index is 0.822. The van der Waals surface area contributed by atoms with Gasteiger partial charge in [-0.25, -0.2) is 4.98 Å². The molecule has 1 heterocycles. The Morgan fingerprint density at radius 1 is 0.857 bits per heavy atom. The van der Waals surface area contributed by atoms with Crippen LogP contribution in [0.15, 0.2) is 65.6 Å². The van der Waals surface area contributed by atoms with Crippen molar-refractivity contribution in [2.24, 2.45) is 0 Å². The van der Waals surface area contributed by atoms with Gasteiger partial charge < -0.3 is 0 Å². The van der Waals surface area contributed by atoms with Crippen LogP contribution in [0.5, 0.6) is 0 Å². The van der Waals surface area contributed by atoms with Crippen molar-refractivity contribution in [3.63, 3.8) is 0 Å². The Kier molecular flexibility index (Phi) is 4.69. The highest BCUT2D eigenvalue weighted by Crippen LogP contribution is 2.20. The van der Waals surface area contributed by atoms with Gasteiger partial charge in [0.1, 0.15) is 5.82 Å². The molecule has 3 nitrogen and oxygen atoms in total. The first-order valence-electron chi connectivity index (χ1n) is 7.02. The Morgan fingerprint density at radius 2 is 1.57 bits per heavy atom. The highest BCUT2D eigenvalue weighted by Gasteiger charge is 2.04. The van der Waals surface area contributed by atoms with Crippen molar-refractivity contribution < 1.29 is 0 Å². The topological polar surface area (TPSA) is 41.6 Å². The normalized spacial score (nSPS) is 10.7. The number of aryl methyl sites for hydroxylation is 2. The fraction of sp³-hybridized carbons (Fsp3) is 0.176. The molecule has 2 aromatic carbocycles. The van der Waals surface area contributed by atoms with Crippen molar-refractivity contribution >= 4 is 11.8 Å². The summed E-state index contributed by atoms with van der Waals surface area (Å²) in [6, 6.07) is 20.8. The van der Waals surface area contributed by atoms with Gasteiger partial charge in [-0.15, -0.1) is 11.8 Å². The van der Waals surface area contributed by atoms with E-state index in [1.807, 2.05) is 24.3 Å². The molecule has 0 unspecified atom stereocenters. The van der Waals surface area contributed by atoms with Gasteiger partial charge in [-0.1, -0.05) is 48.5 Å². The lowest BCUT2D eigenvalue weighted by molar-refractivity contribution is 0.865. The van der Waals surface area contributed by atoms with Crippen LogP contribution in [-0.4, -0.2) is 15.2 Å². The number of nitrogens with zero attached hydrogens (tertiary/aromatic N) is 2. The molecule has 0 aliphatic carbocycles. The Labute approximate surface area is 128 Å². The molecule has 106 valence electrons. The Bertz CT molecular complexity index is 607. The van der Waals surface area contributed by atoms with Crippen molar-refractivity contribution in [2.45, 2.75) is 23.5 Å².